The molecule has 0 saturated heterocycles. The molecule has 5 nitrogen and oxygen atoms in total. The summed E-state index contributed by atoms with van der Waals surface area (Å²) in [4.78, 5) is 4.55. The molecule has 1 heterocycles. The zero-order valence-electron chi connectivity index (χ0n) is 12.3. The number of benzene rings is 1. The summed E-state index contributed by atoms with van der Waals surface area (Å²) in [7, 11) is 0. The van der Waals surface area contributed by atoms with Crippen LogP contribution < -0.4 is 10.5 Å². The molecule has 3 rings (SSSR count). The first-order valence-electron chi connectivity index (χ1n) is 7.44. The Balaban J connectivity index is 1.64. The molecule has 6 heteroatoms. The Morgan fingerprint density at radius 3 is 2.73 bits per heavy atom. The molecule has 3 N–H and O–H groups in total. The average molecular weight is 302 g/mol. The highest BCUT2D eigenvalue weighted by Gasteiger charge is 2.23. The number of nitrogens with zero attached hydrogens (tertiary/aromatic N) is 2. The van der Waals surface area contributed by atoms with Gasteiger partial charge in [0.2, 0.25) is 0 Å². The van der Waals surface area contributed by atoms with E-state index in [4.69, 9.17) is 10.5 Å². The predicted octanol–water partition coefficient (Wildman–Crippen LogP) is 2.93. The molecule has 2 aromatic rings. The number of H-pyrrole nitrogens is 1. The maximum atomic E-state index is 12.4. The number of hydrogen-bond donors (Lipinski definition) is 2. The van der Waals surface area contributed by atoms with E-state index in [1.807, 2.05) is 24.3 Å². The lowest BCUT2D eigenvalue weighted by molar-refractivity contribution is 0.347. The highest BCUT2D eigenvalue weighted by molar-refractivity contribution is 5.55. The van der Waals surface area contributed by atoms with Crippen LogP contribution in [0.4, 0.5) is 4.39 Å². The van der Waals surface area contributed by atoms with Crippen molar-refractivity contribution in [1.82, 2.24) is 15.2 Å². The highest BCUT2D eigenvalue weighted by Crippen LogP contribution is 2.34. The van der Waals surface area contributed by atoms with Gasteiger partial charge in [0.15, 0.2) is 5.82 Å². The van der Waals surface area contributed by atoms with Crippen molar-refractivity contribution in [3.8, 4) is 17.1 Å². The SMILES string of the molecule is NC/C(=C\F)COc1ccc(-c2n[nH]c(C3CCC3)n2)cc1. The Labute approximate surface area is 128 Å². The number of hydrogen-bond acceptors (Lipinski definition) is 4. The minimum atomic E-state index is 0.149. The molecule has 0 atom stereocenters. The first kappa shape index (κ1) is 14.7. The standard InChI is InChI=1S/C16H19FN4O/c17-8-11(9-18)10-22-14-6-4-13(5-7-14)16-19-15(20-21-16)12-2-1-3-12/h4-8,12H,1-3,9-10,18H2,(H,19,20,21)/b11-8+. The number of aromatic amines is 1. The van der Waals surface area contributed by atoms with Crippen molar-refractivity contribution >= 4 is 0 Å². The molecule has 1 aliphatic carbocycles. The summed E-state index contributed by atoms with van der Waals surface area (Å²) in [5.41, 5.74) is 6.73. The van der Waals surface area contributed by atoms with E-state index >= 15 is 0 Å². The Morgan fingerprint density at radius 1 is 1.36 bits per heavy atom. The molecule has 116 valence electrons. The van der Waals surface area contributed by atoms with Crippen LogP contribution in [0, 0.1) is 0 Å². The second-order valence-electron chi connectivity index (χ2n) is 5.46. The normalized spacial score (nSPS) is 15.6. The molecule has 0 unspecified atom stereocenters. The zero-order chi connectivity index (χ0) is 15.4. The number of ether oxygens (including phenoxy) is 1. The van der Waals surface area contributed by atoms with Crippen molar-refractivity contribution in [2.24, 2.45) is 5.73 Å². The quantitative estimate of drug-likeness (QED) is 0.860. The molecule has 22 heavy (non-hydrogen) atoms. The zero-order valence-corrected chi connectivity index (χ0v) is 12.3. The van der Waals surface area contributed by atoms with Crippen LogP contribution in [0.5, 0.6) is 5.75 Å². The molecule has 1 fully saturated rings. The first-order chi connectivity index (χ1) is 10.8. The van der Waals surface area contributed by atoms with Crippen molar-refractivity contribution < 1.29 is 9.13 Å². The molecule has 0 bridgehead atoms. The summed E-state index contributed by atoms with van der Waals surface area (Å²) in [5, 5.41) is 7.29. The van der Waals surface area contributed by atoms with Crippen LogP contribution in [-0.2, 0) is 0 Å². The molecule has 0 spiro atoms. The molecule has 1 aromatic carbocycles. The van der Waals surface area contributed by atoms with E-state index in [9.17, 15) is 4.39 Å². The van der Waals surface area contributed by atoms with Crippen molar-refractivity contribution in [3.05, 3.63) is 42.0 Å². The molecule has 0 amide bonds. The summed E-state index contributed by atoms with van der Waals surface area (Å²) >= 11 is 0. The van der Waals surface area contributed by atoms with Gasteiger partial charge < -0.3 is 10.5 Å². The minimum absolute atomic E-state index is 0.149. The van der Waals surface area contributed by atoms with E-state index in [1.165, 1.54) is 19.3 Å². The van der Waals surface area contributed by atoms with Crippen LogP contribution in [-0.4, -0.2) is 28.3 Å². The second kappa shape index (κ2) is 6.70. The molecule has 1 saturated carbocycles. The van der Waals surface area contributed by atoms with Gasteiger partial charge in [-0.3, -0.25) is 5.10 Å². The topological polar surface area (TPSA) is 76.8 Å². The maximum Gasteiger partial charge on any atom is 0.181 e. The molecular weight excluding hydrogens is 283 g/mol. The Bertz CT molecular complexity index is 646. The van der Waals surface area contributed by atoms with Crippen molar-refractivity contribution in [1.29, 1.82) is 0 Å². The van der Waals surface area contributed by atoms with Gasteiger partial charge in [0, 0.05) is 23.6 Å². The van der Waals surface area contributed by atoms with Crippen LogP contribution >= 0.6 is 0 Å². The smallest absolute Gasteiger partial charge is 0.181 e. The lowest BCUT2D eigenvalue weighted by Gasteiger charge is -2.22. The maximum absolute atomic E-state index is 12.4. The van der Waals surface area contributed by atoms with E-state index < -0.39 is 0 Å². The average Bonchev–Trinajstić information content (AvgIpc) is 2.96. The number of rotatable bonds is 6. The van der Waals surface area contributed by atoms with Gasteiger partial charge >= 0.3 is 0 Å². The third-order valence-corrected chi connectivity index (χ3v) is 3.95. The molecule has 0 aliphatic heterocycles. The monoisotopic (exact) mass is 302 g/mol. The van der Waals surface area contributed by atoms with Crippen molar-refractivity contribution in [2.75, 3.05) is 13.2 Å². The third kappa shape index (κ3) is 3.17. The minimum Gasteiger partial charge on any atom is -0.489 e. The number of nitrogens with two attached hydrogens (primary N) is 1. The summed E-state index contributed by atoms with van der Waals surface area (Å²) in [6, 6.07) is 7.43. The summed E-state index contributed by atoms with van der Waals surface area (Å²) < 4.78 is 17.9. The highest BCUT2D eigenvalue weighted by atomic mass is 19.1. The summed E-state index contributed by atoms with van der Waals surface area (Å²) in [5.74, 6) is 2.86. The summed E-state index contributed by atoms with van der Waals surface area (Å²) in [6.07, 6.45) is 4.13. The fourth-order valence-corrected chi connectivity index (χ4v) is 2.28. The van der Waals surface area contributed by atoms with Gasteiger partial charge in [-0.2, -0.15) is 5.10 Å². The molecule has 0 radical (unpaired) electrons. The molecule has 1 aliphatic rings. The van der Waals surface area contributed by atoms with Crippen LogP contribution in [0.25, 0.3) is 11.4 Å². The number of nitrogens with one attached hydrogen (secondary N) is 1. The van der Waals surface area contributed by atoms with E-state index in [0.717, 1.165) is 11.4 Å². The largest absolute Gasteiger partial charge is 0.489 e. The van der Waals surface area contributed by atoms with Gasteiger partial charge in [0.1, 0.15) is 18.2 Å². The van der Waals surface area contributed by atoms with Gasteiger partial charge in [-0.25, -0.2) is 9.37 Å². The second-order valence-corrected chi connectivity index (χ2v) is 5.46. The molecular formula is C16H19FN4O. The van der Waals surface area contributed by atoms with Crippen LogP contribution in [0.2, 0.25) is 0 Å². The third-order valence-electron chi connectivity index (χ3n) is 3.95. The molecule has 1 aromatic heterocycles. The van der Waals surface area contributed by atoms with E-state index in [-0.39, 0.29) is 13.2 Å². The Morgan fingerprint density at radius 2 is 2.14 bits per heavy atom. The fraction of sp³-hybridized carbons (Fsp3) is 0.375. The lowest BCUT2D eigenvalue weighted by atomic mass is 9.85. The van der Waals surface area contributed by atoms with Crippen LogP contribution in [0.3, 0.4) is 0 Å². The van der Waals surface area contributed by atoms with Gasteiger partial charge in [0.05, 0.1) is 6.33 Å². The van der Waals surface area contributed by atoms with Gasteiger partial charge in [-0.15, -0.1) is 0 Å². The summed E-state index contributed by atoms with van der Waals surface area (Å²) in [6.45, 7) is 0.300. The van der Waals surface area contributed by atoms with Crippen molar-refractivity contribution in [3.63, 3.8) is 0 Å². The van der Waals surface area contributed by atoms with Crippen LogP contribution in [0.1, 0.15) is 31.0 Å². The van der Waals surface area contributed by atoms with Crippen molar-refractivity contribution in [2.45, 2.75) is 25.2 Å². The van der Waals surface area contributed by atoms with Crippen LogP contribution in [0.15, 0.2) is 36.2 Å². The number of halogens is 1. The Kier molecular flexibility index (Phi) is 4.48. The van der Waals surface area contributed by atoms with Gasteiger partial charge in [0.25, 0.3) is 0 Å². The van der Waals surface area contributed by atoms with E-state index in [2.05, 4.69) is 15.2 Å². The van der Waals surface area contributed by atoms with E-state index in [0.29, 0.717) is 29.4 Å². The van der Waals surface area contributed by atoms with Gasteiger partial charge in [-0.1, -0.05) is 6.42 Å². The number of aromatic nitrogens is 3. The Hall–Kier alpha value is -2.21. The lowest BCUT2D eigenvalue weighted by Crippen LogP contribution is -2.10. The first-order valence-corrected chi connectivity index (χ1v) is 7.44. The van der Waals surface area contributed by atoms with E-state index in [1.54, 1.807) is 0 Å². The predicted molar refractivity (Wildman–Crippen MR) is 82.2 cm³/mol. The fourth-order valence-electron chi connectivity index (χ4n) is 2.28. The van der Waals surface area contributed by atoms with Gasteiger partial charge in [-0.05, 0) is 37.1 Å².